The smallest absolute Gasteiger partial charge is 0.134 e. The number of nitrogens with one attached hydrogen (secondary N) is 1. The number of H-pyrrole nitrogens is 1. The lowest BCUT2D eigenvalue weighted by molar-refractivity contribution is 0.612. The van der Waals surface area contributed by atoms with Crippen LogP contribution in [-0.2, 0) is 6.42 Å². The van der Waals surface area contributed by atoms with Gasteiger partial charge < -0.3 is 4.98 Å². The van der Waals surface area contributed by atoms with E-state index in [0.29, 0.717) is 17.8 Å². The molecule has 2 rings (SSSR count). The van der Waals surface area contributed by atoms with Crippen molar-refractivity contribution in [2.24, 2.45) is 0 Å². The first kappa shape index (κ1) is 7.91. The number of hydrogen-bond acceptors (Lipinski definition) is 2. The van der Waals surface area contributed by atoms with E-state index in [1.54, 1.807) is 18.2 Å². The van der Waals surface area contributed by atoms with Gasteiger partial charge in [-0.25, -0.2) is 4.39 Å². The predicted octanol–water partition coefficient (Wildman–Crippen LogP) is 1.53. The highest BCUT2D eigenvalue weighted by molar-refractivity contribution is 5.20. The third kappa shape index (κ3) is 1.72. The summed E-state index contributed by atoms with van der Waals surface area (Å²) >= 11 is 0. The standard InChI is InChI=1S/C9H8FN3/c10-8-4-2-1-3-7(8)5-9-11-6-12-13-9/h1-4,6H,5H2,(H,11,12,13). The van der Waals surface area contributed by atoms with Gasteiger partial charge in [-0.2, -0.15) is 0 Å². The third-order valence-electron chi connectivity index (χ3n) is 1.78. The zero-order valence-corrected chi connectivity index (χ0v) is 6.87. The third-order valence-corrected chi connectivity index (χ3v) is 1.78. The number of aromatic nitrogens is 3. The molecule has 0 aliphatic rings. The van der Waals surface area contributed by atoms with Gasteiger partial charge in [0.15, 0.2) is 0 Å². The Morgan fingerprint density at radius 3 is 2.85 bits per heavy atom. The van der Waals surface area contributed by atoms with E-state index in [2.05, 4.69) is 15.2 Å². The van der Waals surface area contributed by atoms with Gasteiger partial charge >= 0.3 is 0 Å². The molecular weight excluding hydrogens is 169 g/mol. The van der Waals surface area contributed by atoms with Crippen LogP contribution >= 0.6 is 0 Å². The van der Waals surface area contributed by atoms with Crippen molar-refractivity contribution in [3.05, 3.63) is 47.8 Å². The van der Waals surface area contributed by atoms with Gasteiger partial charge in [-0.05, 0) is 11.6 Å². The van der Waals surface area contributed by atoms with Crippen LogP contribution < -0.4 is 0 Å². The zero-order chi connectivity index (χ0) is 9.10. The first-order valence-corrected chi connectivity index (χ1v) is 3.94. The molecule has 13 heavy (non-hydrogen) atoms. The number of benzene rings is 1. The lowest BCUT2D eigenvalue weighted by Gasteiger charge is -1.98. The normalized spacial score (nSPS) is 10.2. The highest BCUT2D eigenvalue weighted by Gasteiger charge is 2.03. The molecule has 0 aliphatic heterocycles. The van der Waals surface area contributed by atoms with Crippen molar-refractivity contribution >= 4 is 0 Å². The van der Waals surface area contributed by atoms with Gasteiger partial charge in [-0.1, -0.05) is 18.2 Å². The molecule has 0 radical (unpaired) electrons. The van der Waals surface area contributed by atoms with Crippen LogP contribution in [0.5, 0.6) is 0 Å². The minimum absolute atomic E-state index is 0.209. The van der Waals surface area contributed by atoms with Crippen molar-refractivity contribution in [2.75, 3.05) is 0 Å². The Hall–Kier alpha value is -1.71. The van der Waals surface area contributed by atoms with Gasteiger partial charge in [0.25, 0.3) is 0 Å². The second kappa shape index (κ2) is 3.35. The van der Waals surface area contributed by atoms with Gasteiger partial charge in [-0.3, -0.25) is 0 Å². The number of halogens is 1. The van der Waals surface area contributed by atoms with Crippen LogP contribution in [0.15, 0.2) is 30.6 Å². The van der Waals surface area contributed by atoms with Crippen LogP contribution in [0.2, 0.25) is 0 Å². The Balaban J connectivity index is 2.24. The highest BCUT2D eigenvalue weighted by Crippen LogP contribution is 2.09. The molecule has 0 unspecified atom stereocenters. The summed E-state index contributed by atoms with van der Waals surface area (Å²) in [5.74, 6) is 0.462. The number of aromatic amines is 1. The second-order valence-corrected chi connectivity index (χ2v) is 2.70. The van der Waals surface area contributed by atoms with E-state index in [4.69, 9.17) is 0 Å². The van der Waals surface area contributed by atoms with Crippen LogP contribution in [-0.4, -0.2) is 15.2 Å². The lowest BCUT2D eigenvalue weighted by atomic mass is 10.1. The molecule has 1 aromatic heterocycles. The van der Waals surface area contributed by atoms with E-state index in [1.807, 2.05) is 0 Å². The van der Waals surface area contributed by atoms with Crippen molar-refractivity contribution in [2.45, 2.75) is 6.42 Å². The molecule has 0 atom stereocenters. The van der Waals surface area contributed by atoms with E-state index in [-0.39, 0.29) is 5.82 Å². The molecule has 0 saturated heterocycles. The summed E-state index contributed by atoms with van der Waals surface area (Å²) in [6.45, 7) is 0. The summed E-state index contributed by atoms with van der Waals surface area (Å²) in [4.78, 5) is 2.82. The maximum atomic E-state index is 13.1. The molecule has 0 bridgehead atoms. The maximum Gasteiger partial charge on any atom is 0.134 e. The van der Waals surface area contributed by atoms with E-state index in [1.165, 1.54) is 12.4 Å². The molecule has 0 aliphatic carbocycles. The van der Waals surface area contributed by atoms with Crippen molar-refractivity contribution in [3.63, 3.8) is 0 Å². The van der Waals surface area contributed by atoms with Crippen molar-refractivity contribution < 1.29 is 4.39 Å². The summed E-state index contributed by atoms with van der Waals surface area (Å²) < 4.78 is 13.1. The maximum absolute atomic E-state index is 13.1. The Bertz CT molecular complexity index is 384. The summed E-state index contributed by atoms with van der Waals surface area (Å²) in [5, 5.41) is 7.40. The SMILES string of the molecule is Fc1ccccc1Cc1nnc[nH]1. The van der Waals surface area contributed by atoms with Gasteiger partial charge in [0.2, 0.25) is 0 Å². The largest absolute Gasteiger partial charge is 0.331 e. The van der Waals surface area contributed by atoms with Crippen molar-refractivity contribution in [3.8, 4) is 0 Å². The molecule has 0 amide bonds. The first-order valence-electron chi connectivity index (χ1n) is 3.94. The average molecular weight is 177 g/mol. The van der Waals surface area contributed by atoms with Crippen LogP contribution in [0.3, 0.4) is 0 Å². The molecule has 0 fully saturated rings. The zero-order valence-electron chi connectivity index (χ0n) is 6.87. The monoisotopic (exact) mass is 177 g/mol. The average Bonchev–Trinajstić information content (AvgIpc) is 2.61. The first-order chi connectivity index (χ1) is 6.36. The van der Waals surface area contributed by atoms with Crippen molar-refractivity contribution in [1.82, 2.24) is 15.2 Å². The van der Waals surface area contributed by atoms with E-state index in [0.717, 1.165) is 0 Å². The lowest BCUT2D eigenvalue weighted by Crippen LogP contribution is -1.93. The van der Waals surface area contributed by atoms with Gasteiger partial charge in [0, 0.05) is 6.42 Å². The van der Waals surface area contributed by atoms with Gasteiger partial charge in [-0.15, -0.1) is 10.2 Å². The van der Waals surface area contributed by atoms with Crippen LogP contribution in [0.1, 0.15) is 11.4 Å². The summed E-state index contributed by atoms with van der Waals surface area (Å²) in [6.07, 6.45) is 1.93. The highest BCUT2D eigenvalue weighted by atomic mass is 19.1. The minimum Gasteiger partial charge on any atom is -0.331 e. The summed E-state index contributed by atoms with van der Waals surface area (Å²) in [6, 6.07) is 6.64. The predicted molar refractivity (Wildman–Crippen MR) is 45.6 cm³/mol. The van der Waals surface area contributed by atoms with E-state index < -0.39 is 0 Å². The number of rotatable bonds is 2. The van der Waals surface area contributed by atoms with E-state index >= 15 is 0 Å². The molecular formula is C9H8FN3. The van der Waals surface area contributed by atoms with Crippen LogP contribution in [0, 0.1) is 5.82 Å². The fourth-order valence-electron chi connectivity index (χ4n) is 1.14. The fourth-order valence-corrected chi connectivity index (χ4v) is 1.14. The summed E-state index contributed by atoms with van der Waals surface area (Å²) in [5.41, 5.74) is 0.624. The molecule has 2 aromatic rings. The van der Waals surface area contributed by atoms with Gasteiger partial charge in [0.1, 0.15) is 18.0 Å². The Morgan fingerprint density at radius 2 is 2.15 bits per heavy atom. The number of hydrogen-bond donors (Lipinski definition) is 1. The Kier molecular flexibility index (Phi) is 2.04. The molecule has 1 N–H and O–H groups in total. The summed E-state index contributed by atoms with van der Waals surface area (Å²) in [7, 11) is 0. The van der Waals surface area contributed by atoms with Gasteiger partial charge in [0.05, 0.1) is 0 Å². The van der Waals surface area contributed by atoms with Crippen LogP contribution in [0.25, 0.3) is 0 Å². The Morgan fingerprint density at radius 1 is 1.31 bits per heavy atom. The van der Waals surface area contributed by atoms with E-state index in [9.17, 15) is 4.39 Å². The van der Waals surface area contributed by atoms with Crippen LogP contribution in [0.4, 0.5) is 4.39 Å². The molecule has 3 nitrogen and oxygen atoms in total. The Labute approximate surface area is 74.6 Å². The molecule has 0 saturated carbocycles. The topological polar surface area (TPSA) is 41.6 Å². The molecule has 0 spiro atoms. The number of nitrogens with zero attached hydrogens (tertiary/aromatic N) is 2. The molecule has 1 aromatic carbocycles. The molecule has 1 heterocycles. The quantitative estimate of drug-likeness (QED) is 0.755. The molecule has 66 valence electrons. The minimum atomic E-state index is -0.209. The molecule has 4 heteroatoms. The second-order valence-electron chi connectivity index (χ2n) is 2.70. The van der Waals surface area contributed by atoms with Crippen molar-refractivity contribution in [1.29, 1.82) is 0 Å². The fraction of sp³-hybridized carbons (Fsp3) is 0.111.